The zero-order valence-electron chi connectivity index (χ0n) is 15.6. The van der Waals surface area contributed by atoms with Crippen LogP contribution in [0.2, 0.25) is 5.02 Å². The Morgan fingerprint density at radius 2 is 1.47 bits per heavy atom. The summed E-state index contributed by atoms with van der Waals surface area (Å²) in [6, 6.07) is 23.5. The van der Waals surface area contributed by atoms with Crippen molar-refractivity contribution in [1.82, 2.24) is 0 Å². The molecule has 2 heterocycles. The quantitative estimate of drug-likeness (QED) is 0.483. The third kappa shape index (κ3) is 3.12. The van der Waals surface area contributed by atoms with Crippen LogP contribution in [0.1, 0.15) is 11.6 Å². The summed E-state index contributed by atoms with van der Waals surface area (Å²) in [6.07, 6.45) is -0.887. The molecule has 0 aromatic heterocycles. The van der Waals surface area contributed by atoms with Gasteiger partial charge in [0.25, 0.3) is 5.91 Å². The summed E-state index contributed by atoms with van der Waals surface area (Å²) in [6.45, 7) is 0. The number of carbonyl (C=O) groups is 2. The van der Waals surface area contributed by atoms with Crippen LogP contribution in [0.3, 0.4) is 0 Å². The normalized spacial score (nSPS) is 23.2. The van der Waals surface area contributed by atoms with Crippen LogP contribution in [-0.4, -0.2) is 17.9 Å². The topological polar surface area (TPSA) is 49.9 Å². The molecule has 5 rings (SSSR count). The standard InChI is InChI=1S/C23H16BrClN2O3/c24-15-8-6-14(7-9-15)20-19-21(30-27(20)18-4-2-1-3-5-18)23(29)26(22(19)28)17-12-10-16(25)11-13-17/h1-13,19-21H/t19-,20+,21+/m0/s1. The summed E-state index contributed by atoms with van der Waals surface area (Å²) in [5.41, 5.74) is 2.18. The first-order valence-electron chi connectivity index (χ1n) is 9.44. The van der Waals surface area contributed by atoms with Crippen molar-refractivity contribution in [2.24, 2.45) is 5.92 Å². The van der Waals surface area contributed by atoms with Crippen molar-refractivity contribution in [3.8, 4) is 0 Å². The summed E-state index contributed by atoms with van der Waals surface area (Å²) >= 11 is 9.42. The van der Waals surface area contributed by atoms with E-state index in [9.17, 15) is 9.59 Å². The molecule has 3 aromatic carbocycles. The van der Waals surface area contributed by atoms with Crippen molar-refractivity contribution in [3.05, 3.63) is 93.9 Å². The molecular weight excluding hydrogens is 468 g/mol. The first-order valence-corrected chi connectivity index (χ1v) is 10.6. The van der Waals surface area contributed by atoms with Gasteiger partial charge in [0, 0.05) is 9.50 Å². The molecule has 150 valence electrons. The molecule has 0 saturated carbocycles. The number of benzene rings is 3. The van der Waals surface area contributed by atoms with Gasteiger partial charge in [-0.15, -0.1) is 0 Å². The Balaban J connectivity index is 1.58. The Morgan fingerprint density at radius 1 is 0.800 bits per heavy atom. The number of halogens is 2. The zero-order chi connectivity index (χ0) is 20.8. The number of hydroxylamine groups is 1. The van der Waals surface area contributed by atoms with E-state index in [1.165, 1.54) is 4.90 Å². The highest BCUT2D eigenvalue weighted by molar-refractivity contribution is 9.10. The Labute approximate surface area is 186 Å². The maximum Gasteiger partial charge on any atom is 0.266 e. The smallest absolute Gasteiger partial charge is 0.266 e. The summed E-state index contributed by atoms with van der Waals surface area (Å²) in [5.74, 6) is -1.30. The number of imide groups is 1. The van der Waals surface area contributed by atoms with E-state index in [1.807, 2.05) is 54.6 Å². The van der Waals surface area contributed by atoms with E-state index in [2.05, 4.69) is 15.9 Å². The molecule has 3 aromatic rings. The Morgan fingerprint density at radius 3 is 2.13 bits per heavy atom. The number of carbonyl (C=O) groups excluding carboxylic acids is 2. The summed E-state index contributed by atoms with van der Waals surface area (Å²) in [4.78, 5) is 34.0. The third-order valence-electron chi connectivity index (χ3n) is 5.42. The minimum absolute atomic E-state index is 0.279. The number of fused-ring (bicyclic) bond motifs is 1. The fourth-order valence-corrected chi connectivity index (χ4v) is 4.45. The van der Waals surface area contributed by atoms with Crippen LogP contribution in [-0.2, 0) is 14.4 Å². The lowest BCUT2D eigenvalue weighted by atomic mass is 9.90. The number of anilines is 2. The maximum atomic E-state index is 13.5. The van der Waals surface area contributed by atoms with Crippen molar-refractivity contribution >= 4 is 50.7 Å². The Bertz CT molecular complexity index is 1110. The van der Waals surface area contributed by atoms with Gasteiger partial charge < -0.3 is 0 Å². The molecule has 2 amide bonds. The van der Waals surface area contributed by atoms with Gasteiger partial charge in [-0.2, -0.15) is 0 Å². The lowest BCUT2D eigenvalue weighted by molar-refractivity contribution is -0.126. The van der Waals surface area contributed by atoms with Gasteiger partial charge in [-0.1, -0.05) is 57.9 Å². The molecule has 30 heavy (non-hydrogen) atoms. The van der Waals surface area contributed by atoms with Crippen LogP contribution in [0.4, 0.5) is 11.4 Å². The molecule has 2 aliphatic heterocycles. The molecule has 0 spiro atoms. The number of amides is 2. The van der Waals surface area contributed by atoms with E-state index in [0.29, 0.717) is 10.7 Å². The molecule has 5 nitrogen and oxygen atoms in total. The fourth-order valence-electron chi connectivity index (χ4n) is 4.06. The second-order valence-electron chi connectivity index (χ2n) is 7.20. The van der Waals surface area contributed by atoms with Gasteiger partial charge in [-0.25, -0.2) is 9.96 Å². The summed E-state index contributed by atoms with van der Waals surface area (Å²) in [5, 5.41) is 2.23. The molecule has 7 heteroatoms. The zero-order valence-corrected chi connectivity index (χ0v) is 18.0. The van der Waals surface area contributed by atoms with Gasteiger partial charge in [-0.3, -0.25) is 14.4 Å². The van der Waals surface area contributed by atoms with Crippen molar-refractivity contribution in [3.63, 3.8) is 0 Å². The highest BCUT2D eigenvalue weighted by Gasteiger charge is 2.60. The number of hydrogen-bond donors (Lipinski definition) is 0. The van der Waals surface area contributed by atoms with Crippen LogP contribution in [0, 0.1) is 5.92 Å². The molecule has 0 radical (unpaired) electrons. The predicted molar refractivity (Wildman–Crippen MR) is 118 cm³/mol. The fraction of sp³-hybridized carbons (Fsp3) is 0.130. The molecule has 3 atom stereocenters. The van der Waals surface area contributed by atoms with Crippen molar-refractivity contribution in [2.75, 3.05) is 9.96 Å². The number of rotatable bonds is 3. The average Bonchev–Trinajstić information content (AvgIpc) is 3.27. The SMILES string of the molecule is O=C1[C@H]2[C@@H](c3ccc(Br)cc3)N(c3ccccc3)O[C@H]2C(=O)N1c1ccc(Cl)cc1. The first kappa shape index (κ1) is 19.3. The maximum absolute atomic E-state index is 13.5. The van der Waals surface area contributed by atoms with E-state index in [0.717, 1.165) is 15.7 Å². The third-order valence-corrected chi connectivity index (χ3v) is 6.20. The van der Waals surface area contributed by atoms with Gasteiger partial charge in [0.05, 0.1) is 17.4 Å². The van der Waals surface area contributed by atoms with E-state index in [-0.39, 0.29) is 11.8 Å². The lowest BCUT2D eigenvalue weighted by Crippen LogP contribution is -2.37. The van der Waals surface area contributed by atoms with Crippen molar-refractivity contribution in [1.29, 1.82) is 0 Å². The predicted octanol–water partition coefficient (Wildman–Crippen LogP) is 5.15. The second kappa shape index (κ2) is 7.54. The lowest BCUT2D eigenvalue weighted by Gasteiger charge is -2.28. The monoisotopic (exact) mass is 482 g/mol. The molecule has 0 unspecified atom stereocenters. The van der Waals surface area contributed by atoms with Gasteiger partial charge >= 0.3 is 0 Å². The van der Waals surface area contributed by atoms with E-state index >= 15 is 0 Å². The Hall–Kier alpha value is -2.67. The van der Waals surface area contributed by atoms with E-state index in [1.54, 1.807) is 29.3 Å². The summed E-state index contributed by atoms with van der Waals surface area (Å²) < 4.78 is 0.935. The van der Waals surface area contributed by atoms with Gasteiger partial charge in [-0.05, 0) is 54.1 Å². The number of hydrogen-bond acceptors (Lipinski definition) is 4. The summed E-state index contributed by atoms with van der Waals surface area (Å²) in [7, 11) is 0. The largest absolute Gasteiger partial charge is 0.273 e. The second-order valence-corrected chi connectivity index (χ2v) is 8.55. The Kier molecular flexibility index (Phi) is 4.85. The van der Waals surface area contributed by atoms with Gasteiger partial charge in [0.2, 0.25) is 5.91 Å². The molecule has 2 saturated heterocycles. The van der Waals surface area contributed by atoms with Gasteiger partial charge in [0.1, 0.15) is 5.92 Å². The van der Waals surface area contributed by atoms with Crippen LogP contribution in [0.15, 0.2) is 83.3 Å². The molecule has 0 bridgehead atoms. The van der Waals surface area contributed by atoms with Crippen LogP contribution >= 0.6 is 27.5 Å². The van der Waals surface area contributed by atoms with E-state index < -0.39 is 18.1 Å². The molecule has 0 aliphatic carbocycles. The van der Waals surface area contributed by atoms with Crippen LogP contribution < -0.4 is 9.96 Å². The van der Waals surface area contributed by atoms with E-state index in [4.69, 9.17) is 16.4 Å². The molecular formula is C23H16BrClN2O3. The molecule has 2 aliphatic rings. The highest BCUT2D eigenvalue weighted by Crippen LogP contribution is 2.47. The molecule has 0 N–H and O–H groups in total. The minimum atomic E-state index is -0.887. The number of para-hydroxylation sites is 1. The first-order chi connectivity index (χ1) is 14.5. The average molecular weight is 484 g/mol. The van der Waals surface area contributed by atoms with Crippen LogP contribution in [0.5, 0.6) is 0 Å². The molecule has 2 fully saturated rings. The highest BCUT2D eigenvalue weighted by atomic mass is 79.9. The minimum Gasteiger partial charge on any atom is -0.273 e. The van der Waals surface area contributed by atoms with Gasteiger partial charge in [0.15, 0.2) is 6.10 Å². The van der Waals surface area contributed by atoms with Crippen molar-refractivity contribution in [2.45, 2.75) is 12.1 Å². The van der Waals surface area contributed by atoms with Crippen LogP contribution in [0.25, 0.3) is 0 Å². The number of nitrogens with zero attached hydrogens (tertiary/aromatic N) is 2. The van der Waals surface area contributed by atoms with Crippen molar-refractivity contribution < 1.29 is 14.4 Å².